The first kappa shape index (κ1) is 17.1. The van der Waals surface area contributed by atoms with Gasteiger partial charge in [0.2, 0.25) is 0 Å². The van der Waals surface area contributed by atoms with Crippen molar-refractivity contribution in [3.05, 3.63) is 30.3 Å². The van der Waals surface area contributed by atoms with Gasteiger partial charge in [-0.1, -0.05) is 57.2 Å². The number of carbonyl (C=O) groups is 1. The molecule has 2 nitrogen and oxygen atoms in total. The van der Waals surface area contributed by atoms with Crippen LogP contribution in [-0.2, 0) is 9.53 Å². The molecule has 0 atom stereocenters. The molecule has 0 bridgehead atoms. The fourth-order valence-corrected chi connectivity index (χ4v) is 2.76. The Morgan fingerprint density at radius 2 is 1.75 bits per heavy atom. The van der Waals surface area contributed by atoms with E-state index in [9.17, 15) is 4.79 Å². The molecule has 0 unspecified atom stereocenters. The zero-order chi connectivity index (χ0) is 14.5. The zero-order valence-corrected chi connectivity index (χ0v) is 13.3. The number of benzene rings is 1. The van der Waals surface area contributed by atoms with Gasteiger partial charge in [0.15, 0.2) is 0 Å². The highest BCUT2D eigenvalue weighted by Gasteiger charge is 2.03. The normalized spacial score (nSPS) is 10.4. The molecule has 0 spiro atoms. The van der Waals surface area contributed by atoms with Crippen LogP contribution in [0.5, 0.6) is 0 Å². The van der Waals surface area contributed by atoms with Crippen molar-refractivity contribution < 1.29 is 9.53 Å². The average molecular weight is 294 g/mol. The lowest BCUT2D eigenvalue weighted by molar-refractivity contribution is -0.143. The Morgan fingerprint density at radius 1 is 1.05 bits per heavy atom. The number of hydrogen-bond donors (Lipinski definition) is 0. The van der Waals surface area contributed by atoms with E-state index >= 15 is 0 Å². The Bertz CT molecular complexity index is 351. The number of ether oxygens (including phenoxy) is 1. The van der Waals surface area contributed by atoms with Crippen LogP contribution in [0.3, 0.4) is 0 Å². The maximum absolute atomic E-state index is 11.5. The molecule has 1 aromatic carbocycles. The third kappa shape index (κ3) is 9.03. The van der Waals surface area contributed by atoms with Crippen LogP contribution >= 0.6 is 11.8 Å². The third-order valence-electron chi connectivity index (χ3n) is 3.08. The minimum absolute atomic E-state index is 0.0676. The summed E-state index contributed by atoms with van der Waals surface area (Å²) in [6.45, 7) is 2.80. The Morgan fingerprint density at radius 3 is 2.50 bits per heavy atom. The van der Waals surface area contributed by atoms with Gasteiger partial charge in [-0.2, -0.15) is 0 Å². The van der Waals surface area contributed by atoms with Gasteiger partial charge in [0.05, 0.1) is 13.0 Å². The van der Waals surface area contributed by atoms with E-state index in [0.717, 1.165) is 12.2 Å². The molecular weight excluding hydrogens is 268 g/mol. The summed E-state index contributed by atoms with van der Waals surface area (Å²) < 4.78 is 5.23. The van der Waals surface area contributed by atoms with E-state index in [2.05, 4.69) is 19.1 Å². The van der Waals surface area contributed by atoms with Crippen LogP contribution in [0, 0.1) is 0 Å². The maximum Gasteiger partial charge on any atom is 0.306 e. The lowest BCUT2D eigenvalue weighted by Crippen LogP contribution is -2.06. The summed E-state index contributed by atoms with van der Waals surface area (Å²) in [6.07, 6.45) is 7.82. The van der Waals surface area contributed by atoms with Crippen LogP contribution in [0.2, 0.25) is 0 Å². The molecule has 0 radical (unpaired) electrons. The molecule has 0 heterocycles. The highest BCUT2D eigenvalue weighted by Crippen LogP contribution is 2.17. The molecule has 0 saturated heterocycles. The van der Waals surface area contributed by atoms with Gasteiger partial charge < -0.3 is 4.74 Å². The smallest absolute Gasteiger partial charge is 0.306 e. The average Bonchev–Trinajstić information content (AvgIpc) is 2.47. The Labute approximate surface area is 127 Å². The largest absolute Gasteiger partial charge is 0.466 e. The van der Waals surface area contributed by atoms with Crippen molar-refractivity contribution >= 4 is 17.7 Å². The molecule has 112 valence electrons. The quantitative estimate of drug-likeness (QED) is 0.324. The lowest BCUT2D eigenvalue weighted by atomic mass is 10.1. The van der Waals surface area contributed by atoms with Crippen molar-refractivity contribution in [3.63, 3.8) is 0 Å². The van der Waals surface area contributed by atoms with Gasteiger partial charge in [0.1, 0.15) is 0 Å². The molecule has 1 aromatic rings. The molecule has 0 aliphatic carbocycles. The van der Waals surface area contributed by atoms with E-state index in [-0.39, 0.29) is 5.97 Å². The first-order valence-corrected chi connectivity index (χ1v) is 8.65. The number of unbranched alkanes of at least 4 members (excludes halogenated alkanes) is 5. The number of carbonyl (C=O) groups excluding carboxylic acids is 1. The molecular formula is C17H26O2S. The number of esters is 1. The highest BCUT2D eigenvalue weighted by atomic mass is 32.2. The minimum Gasteiger partial charge on any atom is -0.466 e. The fourth-order valence-electron chi connectivity index (χ4n) is 1.91. The van der Waals surface area contributed by atoms with Gasteiger partial charge in [-0.15, -0.1) is 11.8 Å². The SMILES string of the molecule is CCCCCCCCOC(=O)CCSc1ccccc1. The second-order valence-electron chi connectivity index (χ2n) is 4.90. The van der Waals surface area contributed by atoms with Crippen molar-refractivity contribution in [1.29, 1.82) is 0 Å². The molecule has 1 rings (SSSR count). The number of hydrogen-bond acceptors (Lipinski definition) is 3. The van der Waals surface area contributed by atoms with Crippen molar-refractivity contribution in [2.45, 2.75) is 56.8 Å². The lowest BCUT2D eigenvalue weighted by Gasteiger charge is -2.05. The highest BCUT2D eigenvalue weighted by molar-refractivity contribution is 7.99. The molecule has 0 fully saturated rings. The van der Waals surface area contributed by atoms with Crippen molar-refractivity contribution in [2.75, 3.05) is 12.4 Å². The van der Waals surface area contributed by atoms with Gasteiger partial charge in [-0.05, 0) is 18.6 Å². The molecule has 0 aromatic heterocycles. The zero-order valence-electron chi connectivity index (χ0n) is 12.5. The standard InChI is InChI=1S/C17H26O2S/c1-2-3-4-5-6-10-14-19-17(18)13-15-20-16-11-8-7-9-12-16/h7-9,11-12H,2-6,10,13-15H2,1H3. The molecule has 0 aliphatic heterocycles. The predicted octanol–water partition coefficient (Wildman–Crippen LogP) is 5.07. The summed E-state index contributed by atoms with van der Waals surface area (Å²) in [5.74, 6) is 0.723. The summed E-state index contributed by atoms with van der Waals surface area (Å²) >= 11 is 1.70. The topological polar surface area (TPSA) is 26.3 Å². The van der Waals surface area contributed by atoms with Gasteiger partial charge in [-0.3, -0.25) is 4.79 Å². The second-order valence-corrected chi connectivity index (χ2v) is 6.07. The van der Waals surface area contributed by atoms with Gasteiger partial charge in [-0.25, -0.2) is 0 Å². The van der Waals surface area contributed by atoms with Crippen LogP contribution in [0.15, 0.2) is 35.2 Å². The minimum atomic E-state index is -0.0676. The van der Waals surface area contributed by atoms with Crippen LogP contribution in [0.25, 0.3) is 0 Å². The first-order valence-electron chi connectivity index (χ1n) is 7.66. The number of thioether (sulfide) groups is 1. The van der Waals surface area contributed by atoms with E-state index in [4.69, 9.17) is 4.74 Å². The van der Waals surface area contributed by atoms with E-state index in [0.29, 0.717) is 13.0 Å². The Balaban J connectivity index is 1.93. The van der Waals surface area contributed by atoms with Crippen LogP contribution in [-0.4, -0.2) is 18.3 Å². The Kier molecular flexibility index (Phi) is 10.1. The fraction of sp³-hybridized carbons (Fsp3) is 0.588. The molecule has 0 saturated carbocycles. The van der Waals surface area contributed by atoms with E-state index < -0.39 is 0 Å². The summed E-state index contributed by atoms with van der Waals surface area (Å²) in [4.78, 5) is 12.7. The van der Waals surface area contributed by atoms with Crippen molar-refractivity contribution in [1.82, 2.24) is 0 Å². The molecule has 3 heteroatoms. The van der Waals surface area contributed by atoms with E-state index in [1.54, 1.807) is 11.8 Å². The van der Waals surface area contributed by atoms with Crippen LogP contribution in [0.4, 0.5) is 0 Å². The predicted molar refractivity (Wildman–Crippen MR) is 86.1 cm³/mol. The van der Waals surface area contributed by atoms with Crippen LogP contribution < -0.4 is 0 Å². The maximum atomic E-state index is 11.5. The van der Waals surface area contributed by atoms with Crippen molar-refractivity contribution in [3.8, 4) is 0 Å². The Hall–Kier alpha value is -0.960. The molecule has 20 heavy (non-hydrogen) atoms. The van der Waals surface area contributed by atoms with E-state index in [1.165, 1.54) is 37.0 Å². The van der Waals surface area contributed by atoms with Gasteiger partial charge in [0.25, 0.3) is 0 Å². The summed E-state index contributed by atoms with van der Waals surface area (Å²) in [7, 11) is 0. The summed E-state index contributed by atoms with van der Waals surface area (Å²) in [5, 5.41) is 0. The summed E-state index contributed by atoms with van der Waals surface area (Å²) in [6, 6.07) is 10.1. The van der Waals surface area contributed by atoms with Crippen molar-refractivity contribution in [2.24, 2.45) is 0 Å². The monoisotopic (exact) mass is 294 g/mol. The molecule has 0 N–H and O–H groups in total. The second kappa shape index (κ2) is 11.8. The van der Waals surface area contributed by atoms with E-state index in [1.807, 2.05) is 18.2 Å². The van der Waals surface area contributed by atoms with Gasteiger partial charge >= 0.3 is 5.97 Å². The van der Waals surface area contributed by atoms with Gasteiger partial charge in [0, 0.05) is 10.6 Å². The summed E-state index contributed by atoms with van der Waals surface area (Å²) in [5.41, 5.74) is 0. The molecule has 0 aliphatic rings. The third-order valence-corrected chi connectivity index (χ3v) is 4.09. The van der Waals surface area contributed by atoms with Crippen LogP contribution in [0.1, 0.15) is 51.9 Å². The number of rotatable bonds is 11. The molecule has 0 amide bonds. The first-order chi connectivity index (χ1) is 9.83.